The van der Waals surface area contributed by atoms with Crippen LogP contribution in [-0.4, -0.2) is 42.9 Å². The van der Waals surface area contributed by atoms with Crippen LogP contribution in [0.5, 0.6) is 11.5 Å². The Kier molecular flexibility index (Phi) is 10.6. The van der Waals surface area contributed by atoms with Gasteiger partial charge in [0.05, 0.1) is 22.8 Å². The summed E-state index contributed by atoms with van der Waals surface area (Å²) in [5.41, 5.74) is 9.50. The van der Waals surface area contributed by atoms with Crippen LogP contribution < -0.4 is 25.4 Å². The Morgan fingerprint density at radius 2 is 1.80 bits per heavy atom. The van der Waals surface area contributed by atoms with E-state index in [-0.39, 0.29) is 19.2 Å². The van der Waals surface area contributed by atoms with E-state index in [0.717, 1.165) is 0 Å². The maximum atomic E-state index is 12.1. The molecule has 0 spiro atoms. The van der Waals surface area contributed by atoms with Gasteiger partial charge in [-0.3, -0.25) is 15.0 Å². The van der Waals surface area contributed by atoms with Gasteiger partial charge >= 0.3 is 6.09 Å². The van der Waals surface area contributed by atoms with E-state index in [0.29, 0.717) is 54.9 Å². The van der Waals surface area contributed by atoms with Gasteiger partial charge < -0.3 is 25.3 Å². The van der Waals surface area contributed by atoms with Gasteiger partial charge in [-0.15, -0.1) is 5.73 Å². The van der Waals surface area contributed by atoms with Crippen LogP contribution >= 0.6 is 0 Å². The summed E-state index contributed by atoms with van der Waals surface area (Å²) < 4.78 is 16.1. The number of nitrogen functional groups attached to an aromatic ring is 1. The van der Waals surface area contributed by atoms with Crippen LogP contribution in [0, 0.1) is 10.1 Å². The second-order valence-corrected chi connectivity index (χ2v) is 8.17. The molecule has 0 radical (unpaired) electrons. The van der Waals surface area contributed by atoms with Crippen molar-refractivity contribution in [3.05, 3.63) is 65.4 Å². The van der Waals surface area contributed by atoms with Gasteiger partial charge in [0.2, 0.25) is 0 Å². The first-order valence-electron chi connectivity index (χ1n) is 10.5. The quantitative estimate of drug-likeness (QED) is 0.237. The first kappa shape index (κ1) is 28.9. The summed E-state index contributed by atoms with van der Waals surface area (Å²) in [6.07, 6.45) is -0.377. The molecule has 2 heterocycles. The van der Waals surface area contributed by atoms with Crippen molar-refractivity contribution in [1.82, 2.24) is 0 Å². The molecule has 0 aliphatic carbocycles. The third-order valence-corrected chi connectivity index (χ3v) is 4.31. The fourth-order valence-corrected chi connectivity index (χ4v) is 2.98. The highest BCUT2D eigenvalue weighted by molar-refractivity contribution is 5.91. The minimum Gasteiger partial charge on any atom is -0.490 e. The van der Waals surface area contributed by atoms with E-state index in [2.05, 4.69) is 24.2 Å². The molecule has 10 heteroatoms. The van der Waals surface area contributed by atoms with E-state index >= 15 is 0 Å². The van der Waals surface area contributed by atoms with Crippen molar-refractivity contribution >= 4 is 28.8 Å². The molecule has 0 saturated carbocycles. The molecule has 2 aromatic carbocycles. The van der Waals surface area contributed by atoms with Crippen molar-refractivity contribution in [2.24, 2.45) is 0 Å². The summed E-state index contributed by atoms with van der Waals surface area (Å²) in [5.74, 6) is 1.33. The van der Waals surface area contributed by atoms with Crippen molar-refractivity contribution in [3.8, 4) is 11.5 Å². The smallest absolute Gasteiger partial charge is 0.415 e. The Hall–Kier alpha value is -4.17. The maximum absolute atomic E-state index is 12.1. The monoisotopic (exact) mass is 486 g/mol. The zero-order valence-corrected chi connectivity index (χ0v) is 19.6. The van der Waals surface area contributed by atoms with Crippen molar-refractivity contribution in [2.45, 2.75) is 33.8 Å². The number of ether oxygens (including phenoxy) is 3. The number of anilines is 3. The van der Waals surface area contributed by atoms with Crippen LogP contribution in [0.2, 0.25) is 0 Å². The molecule has 2 aromatic rings. The van der Waals surface area contributed by atoms with Crippen LogP contribution in [0.4, 0.5) is 27.5 Å². The zero-order chi connectivity index (χ0) is 25.3. The molecular formula is C25H34N4O6. The van der Waals surface area contributed by atoms with Gasteiger partial charge in [0, 0.05) is 24.4 Å². The number of nitro groups is 1. The van der Waals surface area contributed by atoms with Crippen LogP contribution in [-0.2, 0) is 4.74 Å². The second kappa shape index (κ2) is 12.9. The molecule has 4 rings (SSSR count). The number of fused-ring (bicyclic) bond motifs is 2. The lowest BCUT2D eigenvalue weighted by Gasteiger charge is -2.31. The Morgan fingerprint density at radius 3 is 2.43 bits per heavy atom. The third kappa shape index (κ3) is 8.60. The number of carbonyl (C=O) groups excluding carboxylic acids is 1. The van der Waals surface area contributed by atoms with Crippen molar-refractivity contribution in [2.75, 3.05) is 42.3 Å². The number of hydrogen-bond acceptors (Lipinski definition) is 8. The summed E-state index contributed by atoms with van der Waals surface area (Å²) in [4.78, 5) is 23.7. The lowest BCUT2D eigenvalue weighted by Crippen LogP contribution is -2.41. The van der Waals surface area contributed by atoms with Gasteiger partial charge in [-0.2, -0.15) is 0 Å². The first-order chi connectivity index (χ1) is 16.1. The van der Waals surface area contributed by atoms with Crippen molar-refractivity contribution in [3.63, 3.8) is 0 Å². The van der Waals surface area contributed by atoms with Crippen LogP contribution in [0.15, 0.2) is 55.3 Å². The number of nitrogens with two attached hydrogens (primary N) is 1. The minimum absolute atomic E-state index is 0. The number of non-ortho nitro benzene ring substituents is 1. The Balaban J connectivity index is 0.000000318. The molecule has 0 fully saturated rings. The van der Waals surface area contributed by atoms with Gasteiger partial charge in [0.25, 0.3) is 5.69 Å². The maximum Gasteiger partial charge on any atom is 0.415 e. The molecule has 0 unspecified atom stereocenters. The summed E-state index contributed by atoms with van der Waals surface area (Å²) in [7, 11) is 0. The number of benzene rings is 2. The van der Waals surface area contributed by atoms with Gasteiger partial charge in [-0.05, 0) is 45.0 Å². The molecule has 1 amide bonds. The SMILES string of the molecule is C.C=C=C.CC(C)(C)OC(=O)N1CCOc2ccc(N)cc21.O=[N+]([O-])c1ccc2c(c1)NCCO2. The number of nitro benzene ring substituents is 1. The standard InChI is InChI=1S/C13H18N2O3.C8H8N2O3.C3H4.CH4/c1-13(2,3)18-12(16)15-6-7-17-11-5-4-9(14)8-10(11)15;11-10(12)6-1-2-8-7(5-6)9-3-4-13-8;1-3-2;/h4-5,8H,6-7,14H2,1-3H3;1-2,5,9H,3-4H2;1-2H2;1H4. The average molecular weight is 487 g/mol. The zero-order valence-electron chi connectivity index (χ0n) is 19.6. The van der Waals surface area contributed by atoms with Gasteiger partial charge in [0.1, 0.15) is 30.3 Å². The van der Waals surface area contributed by atoms with Gasteiger partial charge in [0.15, 0.2) is 0 Å². The molecule has 190 valence electrons. The highest BCUT2D eigenvalue weighted by Crippen LogP contribution is 2.34. The molecule has 0 saturated heterocycles. The number of nitrogens with zero attached hydrogens (tertiary/aromatic N) is 2. The largest absolute Gasteiger partial charge is 0.490 e. The predicted octanol–water partition coefficient (Wildman–Crippen LogP) is 5.40. The van der Waals surface area contributed by atoms with E-state index in [9.17, 15) is 14.9 Å². The Bertz CT molecular complexity index is 1060. The third-order valence-electron chi connectivity index (χ3n) is 4.31. The minimum atomic E-state index is -0.518. The summed E-state index contributed by atoms with van der Waals surface area (Å²) >= 11 is 0. The number of rotatable bonds is 1. The molecule has 10 nitrogen and oxygen atoms in total. The molecular weight excluding hydrogens is 452 g/mol. The fourth-order valence-electron chi connectivity index (χ4n) is 2.98. The predicted molar refractivity (Wildman–Crippen MR) is 139 cm³/mol. The van der Waals surface area contributed by atoms with E-state index in [4.69, 9.17) is 19.9 Å². The van der Waals surface area contributed by atoms with Crippen molar-refractivity contribution < 1.29 is 23.9 Å². The lowest BCUT2D eigenvalue weighted by molar-refractivity contribution is -0.384. The molecule has 3 N–H and O–H groups in total. The van der Waals surface area contributed by atoms with E-state index < -0.39 is 10.5 Å². The normalized spacial score (nSPS) is 12.9. The Labute approximate surface area is 206 Å². The molecule has 35 heavy (non-hydrogen) atoms. The fraction of sp³-hybridized carbons (Fsp3) is 0.360. The summed E-state index contributed by atoms with van der Waals surface area (Å²) in [5, 5.41) is 13.5. The Morgan fingerprint density at radius 1 is 1.17 bits per heavy atom. The summed E-state index contributed by atoms with van der Waals surface area (Å²) in [6.45, 7) is 14.0. The van der Waals surface area contributed by atoms with Crippen molar-refractivity contribution in [1.29, 1.82) is 0 Å². The highest BCUT2D eigenvalue weighted by Gasteiger charge is 2.28. The van der Waals surface area contributed by atoms with Crippen LogP contribution in [0.1, 0.15) is 28.2 Å². The molecule has 0 bridgehead atoms. The van der Waals surface area contributed by atoms with Gasteiger partial charge in [-0.1, -0.05) is 20.6 Å². The number of carbonyl (C=O) groups is 1. The molecule has 2 aliphatic rings. The summed E-state index contributed by atoms with van der Waals surface area (Å²) in [6, 6.07) is 9.76. The molecule has 0 atom stereocenters. The van der Waals surface area contributed by atoms with E-state index in [1.165, 1.54) is 12.1 Å². The number of hydrogen-bond donors (Lipinski definition) is 2. The molecule has 0 aromatic heterocycles. The van der Waals surface area contributed by atoms with Crippen LogP contribution in [0.3, 0.4) is 0 Å². The van der Waals surface area contributed by atoms with E-state index in [1.54, 1.807) is 29.2 Å². The average Bonchev–Trinajstić information content (AvgIpc) is 2.78. The molecule has 2 aliphatic heterocycles. The van der Waals surface area contributed by atoms with E-state index in [1.807, 2.05) is 20.8 Å². The highest BCUT2D eigenvalue weighted by atomic mass is 16.6. The first-order valence-corrected chi connectivity index (χ1v) is 10.5. The number of amides is 1. The topological polar surface area (TPSA) is 129 Å². The second-order valence-electron chi connectivity index (χ2n) is 8.17. The van der Waals surface area contributed by atoms with Gasteiger partial charge in [-0.25, -0.2) is 4.79 Å². The van der Waals surface area contributed by atoms with Crippen LogP contribution in [0.25, 0.3) is 0 Å². The number of nitrogens with one attached hydrogen (secondary N) is 1. The lowest BCUT2D eigenvalue weighted by atomic mass is 10.2.